The van der Waals surface area contributed by atoms with Crippen LogP contribution in [-0.2, 0) is 9.53 Å². The molecule has 4 heterocycles. The maximum atomic E-state index is 13.9. The van der Waals surface area contributed by atoms with Crippen molar-refractivity contribution in [2.75, 3.05) is 13.7 Å². The van der Waals surface area contributed by atoms with Crippen molar-refractivity contribution in [3.63, 3.8) is 0 Å². The highest BCUT2D eigenvalue weighted by Gasteiger charge is 2.35. The number of allylic oxidation sites excluding steroid dienone is 1. The number of ether oxygens (including phenoxy) is 2. The van der Waals surface area contributed by atoms with Gasteiger partial charge in [-0.3, -0.25) is 9.36 Å². The molecule has 5 rings (SSSR count). The van der Waals surface area contributed by atoms with E-state index in [9.17, 15) is 9.59 Å². The van der Waals surface area contributed by atoms with E-state index >= 15 is 0 Å². The summed E-state index contributed by atoms with van der Waals surface area (Å²) < 4.78 is 18.8. The van der Waals surface area contributed by atoms with Gasteiger partial charge in [0.15, 0.2) is 15.1 Å². The highest BCUT2D eigenvalue weighted by atomic mass is 35.5. The molecule has 12 heteroatoms. The standard InChI is InChI=1S/C28H25ClN4O5S2/c1-6-37-26(35)23-16(4)32-28-33(24(23)19-12-17(29)7-9-20(19)36-5)25(34)21(39-28)13-18-8-10-22(38-18)40-27-30-14(2)11-15(3)31-27/h7-13,24H,6H2,1-5H3/b21-13-/t24-/m1/s1. The van der Waals surface area contributed by atoms with Gasteiger partial charge in [0, 0.05) is 28.0 Å². The summed E-state index contributed by atoms with van der Waals surface area (Å²) in [5.74, 6) is 0.392. The topological polar surface area (TPSA) is 109 Å². The van der Waals surface area contributed by atoms with Crippen LogP contribution in [0, 0.1) is 13.8 Å². The Morgan fingerprint density at radius 1 is 1.18 bits per heavy atom. The number of thiazole rings is 1. The summed E-state index contributed by atoms with van der Waals surface area (Å²) in [5, 5.41) is 1.60. The summed E-state index contributed by atoms with van der Waals surface area (Å²) in [6.45, 7) is 7.44. The molecule has 1 aliphatic heterocycles. The number of carbonyl (C=O) groups is 1. The van der Waals surface area contributed by atoms with Crippen molar-refractivity contribution in [1.29, 1.82) is 0 Å². The number of hydrogen-bond acceptors (Lipinski definition) is 10. The maximum absolute atomic E-state index is 13.9. The lowest BCUT2D eigenvalue weighted by Gasteiger charge is -2.26. The molecule has 0 N–H and O–H groups in total. The van der Waals surface area contributed by atoms with Gasteiger partial charge in [0.05, 0.1) is 29.5 Å². The lowest BCUT2D eigenvalue weighted by molar-refractivity contribution is -0.139. The summed E-state index contributed by atoms with van der Waals surface area (Å²) in [6.07, 6.45) is 1.66. The molecule has 0 radical (unpaired) electrons. The van der Waals surface area contributed by atoms with Gasteiger partial charge in [-0.15, -0.1) is 0 Å². The molecule has 0 saturated carbocycles. The van der Waals surface area contributed by atoms with Crippen molar-refractivity contribution in [2.45, 2.75) is 44.0 Å². The zero-order chi connectivity index (χ0) is 28.6. The molecule has 0 bridgehead atoms. The zero-order valence-electron chi connectivity index (χ0n) is 22.4. The average molecular weight is 597 g/mol. The van der Waals surface area contributed by atoms with Crippen LogP contribution < -0.4 is 19.6 Å². The highest BCUT2D eigenvalue weighted by Crippen LogP contribution is 2.37. The van der Waals surface area contributed by atoms with E-state index in [4.69, 9.17) is 25.5 Å². The second kappa shape index (κ2) is 11.4. The first-order valence-electron chi connectivity index (χ1n) is 12.3. The smallest absolute Gasteiger partial charge is 0.338 e. The normalized spacial score (nSPS) is 15.2. The summed E-state index contributed by atoms with van der Waals surface area (Å²) in [7, 11) is 1.52. The Bertz CT molecular complexity index is 1820. The molecule has 1 atom stereocenters. The number of fused-ring (bicyclic) bond motifs is 1. The number of benzene rings is 1. The number of esters is 1. The Labute approximate surface area is 242 Å². The van der Waals surface area contributed by atoms with Gasteiger partial charge in [-0.05, 0) is 75.9 Å². The van der Waals surface area contributed by atoms with E-state index in [1.54, 1.807) is 50.3 Å². The molecule has 3 aromatic heterocycles. The van der Waals surface area contributed by atoms with Gasteiger partial charge >= 0.3 is 5.97 Å². The third kappa shape index (κ3) is 5.49. The number of nitrogens with zero attached hydrogens (tertiary/aromatic N) is 4. The van der Waals surface area contributed by atoms with Gasteiger partial charge in [-0.1, -0.05) is 22.9 Å². The minimum atomic E-state index is -0.851. The fraction of sp³-hybridized carbons (Fsp3) is 0.250. The fourth-order valence-corrected chi connectivity index (χ4v) is 6.47. The fourth-order valence-electron chi connectivity index (χ4n) is 4.43. The molecule has 0 unspecified atom stereocenters. The first-order valence-corrected chi connectivity index (χ1v) is 14.3. The van der Waals surface area contributed by atoms with E-state index in [1.165, 1.54) is 34.8 Å². The van der Waals surface area contributed by atoms with Gasteiger partial charge in [-0.2, -0.15) is 0 Å². The summed E-state index contributed by atoms with van der Waals surface area (Å²) >= 11 is 8.85. The van der Waals surface area contributed by atoms with Crippen molar-refractivity contribution in [2.24, 2.45) is 4.99 Å². The van der Waals surface area contributed by atoms with E-state index < -0.39 is 12.0 Å². The molecule has 4 aromatic rings. The third-order valence-corrected chi connectivity index (χ3v) is 8.04. The van der Waals surface area contributed by atoms with Crippen molar-refractivity contribution in [3.8, 4) is 5.75 Å². The number of aryl methyl sites for hydroxylation is 2. The predicted octanol–water partition coefficient (Wildman–Crippen LogP) is 4.61. The van der Waals surface area contributed by atoms with Crippen molar-refractivity contribution < 1.29 is 18.7 Å². The Balaban J connectivity index is 1.61. The van der Waals surface area contributed by atoms with Crippen LogP contribution in [0.15, 0.2) is 72.1 Å². The number of rotatable bonds is 7. The van der Waals surface area contributed by atoms with Gasteiger partial charge in [0.1, 0.15) is 17.6 Å². The van der Waals surface area contributed by atoms with Crippen molar-refractivity contribution in [1.82, 2.24) is 14.5 Å². The van der Waals surface area contributed by atoms with E-state index in [2.05, 4.69) is 15.0 Å². The van der Waals surface area contributed by atoms with Crippen LogP contribution in [0.3, 0.4) is 0 Å². The molecule has 0 amide bonds. The first-order chi connectivity index (χ1) is 19.2. The van der Waals surface area contributed by atoms with E-state index in [0.717, 1.165) is 11.4 Å². The molecule has 40 heavy (non-hydrogen) atoms. The van der Waals surface area contributed by atoms with Crippen LogP contribution in [0.5, 0.6) is 5.75 Å². The second-order valence-electron chi connectivity index (χ2n) is 8.88. The predicted molar refractivity (Wildman–Crippen MR) is 153 cm³/mol. The average Bonchev–Trinajstić information content (AvgIpc) is 3.46. The van der Waals surface area contributed by atoms with E-state index in [-0.39, 0.29) is 17.7 Å². The Hall–Kier alpha value is -3.67. The van der Waals surface area contributed by atoms with E-state index in [1.807, 2.05) is 19.9 Å². The molecule has 0 aliphatic carbocycles. The number of aromatic nitrogens is 3. The third-order valence-electron chi connectivity index (χ3n) is 6.03. The minimum absolute atomic E-state index is 0.172. The SMILES string of the molecule is CCOC(=O)C1=C(C)N=c2s/c(=C\c3ccc(Sc4nc(C)cc(C)n4)o3)c(=O)n2[C@@H]1c1cc(Cl)ccc1OC. The first kappa shape index (κ1) is 27.9. The van der Waals surface area contributed by atoms with Crippen LogP contribution in [0.2, 0.25) is 5.02 Å². The van der Waals surface area contributed by atoms with E-state index in [0.29, 0.717) is 47.4 Å². The minimum Gasteiger partial charge on any atom is -0.496 e. The molecule has 1 aliphatic rings. The molecule has 0 spiro atoms. The number of methoxy groups -OCH3 is 1. The molecular weight excluding hydrogens is 572 g/mol. The Morgan fingerprint density at radius 3 is 2.62 bits per heavy atom. The maximum Gasteiger partial charge on any atom is 0.338 e. The van der Waals surface area contributed by atoms with Crippen LogP contribution in [0.25, 0.3) is 6.08 Å². The largest absolute Gasteiger partial charge is 0.496 e. The summed E-state index contributed by atoms with van der Waals surface area (Å²) in [4.78, 5) is 40.9. The second-order valence-corrected chi connectivity index (χ2v) is 11.3. The monoisotopic (exact) mass is 596 g/mol. The quantitative estimate of drug-likeness (QED) is 0.225. The lowest BCUT2D eigenvalue weighted by Crippen LogP contribution is -2.40. The Kier molecular flexibility index (Phi) is 7.97. The summed E-state index contributed by atoms with van der Waals surface area (Å²) in [5.41, 5.74) is 2.63. The highest BCUT2D eigenvalue weighted by molar-refractivity contribution is 7.99. The molecule has 0 saturated heterocycles. The number of halogens is 1. The van der Waals surface area contributed by atoms with Crippen LogP contribution in [-0.4, -0.2) is 34.2 Å². The molecule has 0 fully saturated rings. The summed E-state index contributed by atoms with van der Waals surface area (Å²) in [6, 6.07) is 9.70. The Morgan fingerprint density at radius 2 is 1.93 bits per heavy atom. The van der Waals surface area contributed by atoms with Crippen molar-refractivity contribution in [3.05, 3.63) is 95.1 Å². The molecular formula is C28H25ClN4O5S2. The zero-order valence-corrected chi connectivity index (χ0v) is 24.7. The molecule has 1 aromatic carbocycles. The van der Waals surface area contributed by atoms with Gasteiger partial charge in [0.25, 0.3) is 5.56 Å². The van der Waals surface area contributed by atoms with Gasteiger partial charge in [0.2, 0.25) is 0 Å². The van der Waals surface area contributed by atoms with Crippen molar-refractivity contribution >= 4 is 46.7 Å². The lowest BCUT2D eigenvalue weighted by atomic mass is 9.95. The van der Waals surface area contributed by atoms with Crippen LogP contribution in [0.1, 0.15) is 42.6 Å². The number of carbonyl (C=O) groups excluding carboxylic acids is 1. The van der Waals surface area contributed by atoms with Gasteiger partial charge < -0.3 is 13.9 Å². The molecule has 206 valence electrons. The molecule has 9 nitrogen and oxygen atoms in total. The number of furan rings is 1. The van der Waals surface area contributed by atoms with Crippen LogP contribution >= 0.6 is 34.7 Å². The number of hydrogen-bond donors (Lipinski definition) is 0. The van der Waals surface area contributed by atoms with Crippen LogP contribution in [0.4, 0.5) is 0 Å². The van der Waals surface area contributed by atoms with Gasteiger partial charge in [-0.25, -0.2) is 19.8 Å².